The zero-order chi connectivity index (χ0) is 28.7. The number of benzene rings is 4. The molecule has 3 atom stereocenters. The van der Waals surface area contributed by atoms with Gasteiger partial charge in [-0.05, 0) is 60.5 Å². The van der Waals surface area contributed by atoms with E-state index in [0.29, 0.717) is 22.5 Å². The fraction of sp³-hybridized carbons (Fsp3) is 0.129. The summed E-state index contributed by atoms with van der Waals surface area (Å²) in [4.78, 5) is 58.1. The second-order valence-corrected chi connectivity index (χ2v) is 9.77. The summed E-state index contributed by atoms with van der Waals surface area (Å²) < 4.78 is 5.49. The Hall–Kier alpha value is -5.35. The summed E-state index contributed by atoms with van der Waals surface area (Å²) >= 11 is 0. The molecule has 6 rings (SSSR count). The average molecular weight is 550 g/mol. The van der Waals surface area contributed by atoms with E-state index in [1.807, 2.05) is 13.0 Å². The molecule has 0 aliphatic carbocycles. The largest absolute Gasteiger partial charge is 0.423 e. The van der Waals surface area contributed by atoms with E-state index in [9.17, 15) is 24.5 Å². The van der Waals surface area contributed by atoms with Crippen LogP contribution >= 0.6 is 0 Å². The first-order valence-corrected chi connectivity index (χ1v) is 12.8. The molecule has 2 saturated heterocycles. The van der Waals surface area contributed by atoms with Gasteiger partial charge in [-0.25, -0.2) is 14.8 Å². The van der Waals surface area contributed by atoms with Gasteiger partial charge in [0.2, 0.25) is 5.91 Å². The number of nitrogens with zero attached hydrogens (tertiary/aromatic N) is 3. The van der Waals surface area contributed by atoms with Crippen LogP contribution in [0.2, 0.25) is 0 Å². The zero-order valence-electron chi connectivity index (χ0n) is 21.7. The fourth-order valence-electron chi connectivity index (χ4n) is 5.22. The van der Waals surface area contributed by atoms with Crippen molar-refractivity contribution in [2.75, 3.05) is 9.96 Å². The van der Waals surface area contributed by atoms with Crippen LogP contribution in [-0.2, 0) is 14.4 Å². The van der Waals surface area contributed by atoms with E-state index in [1.54, 1.807) is 78.9 Å². The summed E-state index contributed by atoms with van der Waals surface area (Å²) in [7, 11) is 0. The summed E-state index contributed by atoms with van der Waals surface area (Å²) in [6, 6.07) is 27.2. The third-order valence-electron chi connectivity index (χ3n) is 7.11. The highest BCUT2D eigenvalue weighted by molar-refractivity contribution is 6.24. The molecular formula is C31H23N3O7. The molecule has 0 aromatic heterocycles. The molecule has 2 heterocycles. The van der Waals surface area contributed by atoms with Crippen molar-refractivity contribution in [2.24, 2.45) is 5.92 Å². The van der Waals surface area contributed by atoms with E-state index in [2.05, 4.69) is 0 Å². The van der Waals surface area contributed by atoms with Crippen LogP contribution in [0.5, 0.6) is 5.75 Å². The number of anilines is 2. The number of hydroxylamine groups is 1. The van der Waals surface area contributed by atoms with Crippen molar-refractivity contribution in [3.8, 4) is 5.75 Å². The number of nitro groups is 1. The summed E-state index contributed by atoms with van der Waals surface area (Å²) in [5.74, 6) is -2.12. The van der Waals surface area contributed by atoms with Crippen molar-refractivity contribution in [3.05, 3.63) is 130 Å². The van der Waals surface area contributed by atoms with E-state index in [0.717, 1.165) is 10.5 Å². The molecule has 0 bridgehead atoms. The van der Waals surface area contributed by atoms with Crippen molar-refractivity contribution in [2.45, 2.75) is 19.1 Å². The molecule has 0 spiro atoms. The number of rotatable bonds is 6. The van der Waals surface area contributed by atoms with Gasteiger partial charge < -0.3 is 4.74 Å². The predicted molar refractivity (Wildman–Crippen MR) is 148 cm³/mol. The molecule has 0 N–H and O–H groups in total. The standard InChI is InChI=1S/C31H23N3O7/c1-19-7-5-10-22(17-19)32-29(35)26-27(20-13-15-25(16-14-20)40-31(37)21-8-3-2-4-9-21)33(41-28(26)30(32)36)23-11-6-12-24(18-23)34(38)39/h2-18,26-28H,1H3/t26-,27+,28+/m0/s1. The lowest BCUT2D eigenvalue weighted by Gasteiger charge is -2.28. The molecule has 0 unspecified atom stereocenters. The van der Waals surface area contributed by atoms with Crippen LogP contribution in [-0.4, -0.2) is 28.8 Å². The summed E-state index contributed by atoms with van der Waals surface area (Å²) in [5, 5.41) is 12.9. The van der Waals surface area contributed by atoms with Crippen molar-refractivity contribution in [1.29, 1.82) is 0 Å². The Morgan fingerprint density at radius 2 is 1.56 bits per heavy atom. The number of hydrogen-bond donors (Lipinski definition) is 0. The summed E-state index contributed by atoms with van der Waals surface area (Å²) in [6.07, 6.45) is -1.14. The lowest BCUT2D eigenvalue weighted by Crippen LogP contribution is -2.37. The highest BCUT2D eigenvalue weighted by Crippen LogP contribution is 2.48. The van der Waals surface area contributed by atoms with Gasteiger partial charge in [0.1, 0.15) is 11.7 Å². The minimum atomic E-state index is -1.14. The number of fused-ring (bicyclic) bond motifs is 1. The number of non-ortho nitro benzene ring substituents is 1. The van der Waals surface area contributed by atoms with Gasteiger partial charge in [0, 0.05) is 12.1 Å². The quantitative estimate of drug-likeness (QED) is 0.106. The van der Waals surface area contributed by atoms with Gasteiger partial charge in [0.25, 0.3) is 11.6 Å². The zero-order valence-corrected chi connectivity index (χ0v) is 21.7. The Balaban J connectivity index is 1.36. The monoisotopic (exact) mass is 549 g/mol. The molecule has 2 aliphatic heterocycles. The molecule has 4 aromatic rings. The Morgan fingerprint density at radius 1 is 0.854 bits per heavy atom. The molecule has 0 radical (unpaired) electrons. The van der Waals surface area contributed by atoms with Crippen molar-refractivity contribution in [1.82, 2.24) is 0 Å². The number of hydrogen-bond acceptors (Lipinski definition) is 8. The fourth-order valence-corrected chi connectivity index (χ4v) is 5.22. The van der Waals surface area contributed by atoms with Gasteiger partial charge in [-0.1, -0.05) is 48.5 Å². The highest BCUT2D eigenvalue weighted by atomic mass is 16.7. The highest BCUT2D eigenvalue weighted by Gasteiger charge is 2.60. The minimum absolute atomic E-state index is 0.163. The third kappa shape index (κ3) is 4.70. The third-order valence-corrected chi connectivity index (χ3v) is 7.11. The maximum absolute atomic E-state index is 13.8. The second-order valence-electron chi connectivity index (χ2n) is 9.77. The SMILES string of the molecule is Cc1cccc(N2C(=O)[C@H]3[C@@H](c4ccc(OC(=O)c5ccccc5)cc4)N(c4cccc([N+](=O)[O-])c4)O[C@H]3C2=O)c1. The Bertz CT molecular complexity index is 1670. The van der Waals surface area contributed by atoms with Crippen LogP contribution in [0.1, 0.15) is 27.5 Å². The van der Waals surface area contributed by atoms with Gasteiger partial charge in [0.05, 0.1) is 27.9 Å². The molecule has 4 aromatic carbocycles. The number of nitro benzene ring substituents is 1. The normalized spacial score (nSPS) is 19.8. The molecule has 41 heavy (non-hydrogen) atoms. The topological polar surface area (TPSA) is 119 Å². The number of esters is 1. The number of carbonyl (C=O) groups excluding carboxylic acids is 3. The number of carbonyl (C=O) groups is 3. The lowest BCUT2D eigenvalue weighted by atomic mass is 9.90. The van der Waals surface area contributed by atoms with Crippen LogP contribution in [0.3, 0.4) is 0 Å². The summed E-state index contributed by atoms with van der Waals surface area (Å²) in [5.41, 5.74) is 2.48. The first-order chi connectivity index (χ1) is 19.8. The molecule has 2 amide bonds. The number of ether oxygens (including phenoxy) is 1. The van der Waals surface area contributed by atoms with Gasteiger partial charge in [-0.2, -0.15) is 0 Å². The molecule has 10 heteroatoms. The van der Waals surface area contributed by atoms with E-state index >= 15 is 0 Å². The minimum Gasteiger partial charge on any atom is -0.423 e. The Labute approximate surface area is 234 Å². The lowest BCUT2D eigenvalue weighted by molar-refractivity contribution is -0.384. The number of aryl methyl sites for hydroxylation is 1. The van der Waals surface area contributed by atoms with Crippen molar-refractivity contribution >= 4 is 34.8 Å². The first kappa shape index (κ1) is 25.9. The van der Waals surface area contributed by atoms with Crippen molar-refractivity contribution < 1.29 is 28.9 Å². The van der Waals surface area contributed by atoms with Crippen LogP contribution in [0.4, 0.5) is 17.1 Å². The molecule has 204 valence electrons. The second kappa shape index (κ2) is 10.3. The predicted octanol–water partition coefficient (Wildman–Crippen LogP) is 5.17. The average Bonchev–Trinajstić information content (AvgIpc) is 3.49. The Kier molecular flexibility index (Phi) is 6.52. The van der Waals surface area contributed by atoms with Crippen LogP contribution in [0, 0.1) is 23.0 Å². The maximum atomic E-state index is 13.8. The molecule has 0 saturated carbocycles. The Morgan fingerprint density at radius 3 is 2.27 bits per heavy atom. The van der Waals surface area contributed by atoms with E-state index in [-0.39, 0.29) is 11.4 Å². The first-order valence-electron chi connectivity index (χ1n) is 12.8. The van der Waals surface area contributed by atoms with Crippen molar-refractivity contribution in [3.63, 3.8) is 0 Å². The van der Waals surface area contributed by atoms with Gasteiger partial charge in [-0.15, -0.1) is 0 Å². The maximum Gasteiger partial charge on any atom is 0.343 e. The molecule has 2 aliphatic rings. The van der Waals surface area contributed by atoms with Gasteiger partial charge in [-0.3, -0.25) is 24.5 Å². The molecule has 10 nitrogen and oxygen atoms in total. The smallest absolute Gasteiger partial charge is 0.343 e. The van der Waals surface area contributed by atoms with Gasteiger partial charge >= 0.3 is 5.97 Å². The van der Waals surface area contributed by atoms with Crippen LogP contribution in [0.15, 0.2) is 103 Å². The van der Waals surface area contributed by atoms with Crippen LogP contribution in [0.25, 0.3) is 0 Å². The van der Waals surface area contributed by atoms with Crippen LogP contribution < -0.4 is 14.7 Å². The van der Waals surface area contributed by atoms with E-state index < -0.39 is 40.8 Å². The van der Waals surface area contributed by atoms with E-state index in [4.69, 9.17) is 9.57 Å². The molecule has 2 fully saturated rings. The van der Waals surface area contributed by atoms with Gasteiger partial charge in [0.15, 0.2) is 6.10 Å². The number of imide groups is 1. The summed E-state index contributed by atoms with van der Waals surface area (Å²) in [6.45, 7) is 1.87. The number of amides is 2. The van der Waals surface area contributed by atoms with E-state index in [1.165, 1.54) is 23.3 Å². The molecular weight excluding hydrogens is 526 g/mol.